The van der Waals surface area contributed by atoms with E-state index in [4.69, 9.17) is 5.26 Å². The quantitative estimate of drug-likeness (QED) is 0.809. The number of nitriles is 1. The third-order valence-electron chi connectivity index (χ3n) is 4.65. The van der Waals surface area contributed by atoms with Gasteiger partial charge in [-0.1, -0.05) is 0 Å². The number of carbonyl (C=O) groups is 1. The summed E-state index contributed by atoms with van der Waals surface area (Å²) in [5, 5.41) is 11.8. The Balaban J connectivity index is 1.62. The molecule has 0 aromatic heterocycles. The number of sulfonamides is 1. The molecule has 0 aliphatic heterocycles. The maximum Gasteiger partial charge on any atom is 0.243 e. The largest absolute Gasteiger partial charge is 0.352 e. The molecule has 1 aromatic rings. The number of nitrogens with one attached hydrogen (secondary N) is 1. The lowest BCUT2D eigenvalue weighted by Gasteiger charge is -2.21. The summed E-state index contributed by atoms with van der Waals surface area (Å²) in [6, 6.07) is 7.85. The molecule has 7 heteroatoms. The Hall–Kier alpha value is -1.91. The molecule has 3 rings (SSSR count). The van der Waals surface area contributed by atoms with Crippen molar-refractivity contribution >= 4 is 15.9 Å². The van der Waals surface area contributed by atoms with Crippen molar-refractivity contribution in [3.05, 3.63) is 29.8 Å². The number of likely N-dealkylation sites (N-methyl/N-ethyl adjacent to an activating group) is 1. The van der Waals surface area contributed by atoms with Crippen LogP contribution in [-0.4, -0.2) is 38.3 Å². The fourth-order valence-electron chi connectivity index (χ4n) is 2.93. The molecule has 2 saturated carbocycles. The molecule has 0 spiro atoms. The highest BCUT2D eigenvalue weighted by molar-refractivity contribution is 7.89. The van der Waals surface area contributed by atoms with Gasteiger partial charge in [0.25, 0.3) is 0 Å². The van der Waals surface area contributed by atoms with Crippen LogP contribution in [0.1, 0.15) is 31.2 Å². The van der Waals surface area contributed by atoms with Gasteiger partial charge in [0.05, 0.1) is 23.1 Å². The van der Waals surface area contributed by atoms with Crippen LogP contribution in [0.15, 0.2) is 29.2 Å². The van der Waals surface area contributed by atoms with Crippen molar-refractivity contribution in [3.63, 3.8) is 0 Å². The fraction of sp³-hybridized carbons (Fsp3) is 0.529. The zero-order valence-corrected chi connectivity index (χ0v) is 14.4. The van der Waals surface area contributed by atoms with Crippen molar-refractivity contribution in [2.24, 2.45) is 11.8 Å². The highest BCUT2D eigenvalue weighted by Crippen LogP contribution is 2.44. The van der Waals surface area contributed by atoms with Crippen LogP contribution in [0, 0.1) is 23.2 Å². The third kappa shape index (κ3) is 3.77. The molecule has 2 fully saturated rings. The van der Waals surface area contributed by atoms with E-state index in [0.717, 1.165) is 30.0 Å². The van der Waals surface area contributed by atoms with Gasteiger partial charge in [0.15, 0.2) is 0 Å². The molecule has 0 unspecified atom stereocenters. The van der Waals surface area contributed by atoms with Gasteiger partial charge in [-0.05, 0) is 61.8 Å². The molecular formula is C17H21N3O3S. The first-order valence-corrected chi connectivity index (χ1v) is 9.61. The van der Waals surface area contributed by atoms with Crippen LogP contribution in [0.2, 0.25) is 0 Å². The molecule has 2 aliphatic rings. The van der Waals surface area contributed by atoms with Gasteiger partial charge >= 0.3 is 0 Å². The second-order valence-corrected chi connectivity index (χ2v) is 8.71. The van der Waals surface area contributed by atoms with E-state index in [1.54, 1.807) is 0 Å². The van der Waals surface area contributed by atoms with Crippen molar-refractivity contribution in [2.45, 2.75) is 36.6 Å². The summed E-state index contributed by atoms with van der Waals surface area (Å²) in [6.45, 7) is -0.196. The molecule has 0 radical (unpaired) electrons. The molecule has 6 nitrogen and oxygen atoms in total. The molecule has 128 valence electrons. The molecule has 1 amide bonds. The van der Waals surface area contributed by atoms with Gasteiger partial charge in [-0.25, -0.2) is 8.42 Å². The van der Waals surface area contributed by atoms with Crippen molar-refractivity contribution in [3.8, 4) is 6.07 Å². The molecule has 2 aliphatic carbocycles. The van der Waals surface area contributed by atoms with Crippen LogP contribution in [0.25, 0.3) is 0 Å². The van der Waals surface area contributed by atoms with Crippen LogP contribution in [0.4, 0.5) is 0 Å². The van der Waals surface area contributed by atoms with Gasteiger partial charge in [-0.15, -0.1) is 0 Å². The van der Waals surface area contributed by atoms with Crippen molar-refractivity contribution in [1.29, 1.82) is 5.26 Å². The summed E-state index contributed by atoms with van der Waals surface area (Å²) in [5.74, 6) is 0.891. The molecule has 1 aromatic carbocycles. The summed E-state index contributed by atoms with van der Waals surface area (Å²) in [4.78, 5) is 12.3. The fourth-order valence-corrected chi connectivity index (χ4v) is 4.06. The first-order valence-electron chi connectivity index (χ1n) is 8.17. The van der Waals surface area contributed by atoms with Crippen molar-refractivity contribution in [2.75, 3.05) is 13.6 Å². The van der Waals surface area contributed by atoms with Crippen molar-refractivity contribution in [1.82, 2.24) is 9.62 Å². The molecule has 24 heavy (non-hydrogen) atoms. The van der Waals surface area contributed by atoms with E-state index in [9.17, 15) is 13.2 Å². The number of rotatable bonds is 7. The lowest BCUT2D eigenvalue weighted by molar-refractivity contribution is -0.122. The second-order valence-electron chi connectivity index (χ2n) is 6.67. The summed E-state index contributed by atoms with van der Waals surface area (Å²) in [5.41, 5.74) is 0.394. The molecule has 0 atom stereocenters. The Bertz CT molecular complexity index is 747. The van der Waals surface area contributed by atoms with Crippen LogP contribution in [0.3, 0.4) is 0 Å². The summed E-state index contributed by atoms with van der Waals surface area (Å²) >= 11 is 0. The van der Waals surface area contributed by atoms with Gasteiger partial charge in [-0.2, -0.15) is 9.57 Å². The lowest BCUT2D eigenvalue weighted by Crippen LogP contribution is -2.44. The SMILES string of the molecule is CN(CC(=O)NC(C1CC1)C1CC1)S(=O)(=O)c1ccc(C#N)cc1. The first kappa shape index (κ1) is 16.9. The number of hydrogen-bond acceptors (Lipinski definition) is 4. The zero-order chi connectivity index (χ0) is 17.3. The normalized spacial score (nSPS) is 17.8. The van der Waals surface area contributed by atoms with E-state index in [1.165, 1.54) is 31.3 Å². The zero-order valence-electron chi connectivity index (χ0n) is 13.6. The lowest BCUT2D eigenvalue weighted by atomic mass is 10.1. The van der Waals surface area contributed by atoms with Gasteiger partial charge < -0.3 is 5.32 Å². The molecule has 1 N–H and O–H groups in total. The van der Waals surface area contributed by atoms with E-state index >= 15 is 0 Å². The number of hydrogen-bond donors (Lipinski definition) is 1. The maximum atomic E-state index is 12.5. The summed E-state index contributed by atoms with van der Waals surface area (Å²) in [6.07, 6.45) is 4.61. The van der Waals surface area contributed by atoms with E-state index in [0.29, 0.717) is 17.4 Å². The molecule has 0 heterocycles. The highest BCUT2D eigenvalue weighted by atomic mass is 32.2. The minimum absolute atomic E-state index is 0.0812. The number of amides is 1. The van der Waals surface area contributed by atoms with Crippen LogP contribution >= 0.6 is 0 Å². The van der Waals surface area contributed by atoms with Crippen LogP contribution < -0.4 is 5.32 Å². The first-order chi connectivity index (χ1) is 11.4. The topological polar surface area (TPSA) is 90.3 Å². The third-order valence-corrected chi connectivity index (χ3v) is 6.46. The van der Waals surface area contributed by atoms with E-state index < -0.39 is 10.0 Å². The van der Waals surface area contributed by atoms with E-state index in [2.05, 4.69) is 5.32 Å². The smallest absolute Gasteiger partial charge is 0.243 e. The number of nitrogens with zero attached hydrogens (tertiary/aromatic N) is 2. The second kappa shape index (κ2) is 6.54. The minimum Gasteiger partial charge on any atom is -0.352 e. The van der Waals surface area contributed by atoms with E-state index in [1.807, 2.05) is 6.07 Å². The Morgan fingerprint density at radius 3 is 2.25 bits per heavy atom. The number of benzene rings is 1. The van der Waals surface area contributed by atoms with Crippen molar-refractivity contribution < 1.29 is 13.2 Å². The minimum atomic E-state index is -3.74. The Morgan fingerprint density at radius 2 is 1.79 bits per heavy atom. The summed E-state index contributed by atoms with van der Waals surface area (Å²) in [7, 11) is -2.34. The van der Waals surface area contributed by atoms with Gasteiger partial charge in [0, 0.05) is 13.1 Å². The Morgan fingerprint density at radius 1 is 1.25 bits per heavy atom. The van der Waals surface area contributed by atoms with Crippen LogP contribution in [-0.2, 0) is 14.8 Å². The maximum absolute atomic E-state index is 12.5. The predicted octanol–water partition coefficient (Wildman–Crippen LogP) is 1.48. The predicted molar refractivity (Wildman–Crippen MR) is 88.4 cm³/mol. The average Bonchev–Trinajstić information content (AvgIpc) is 3.46. The van der Waals surface area contributed by atoms with Crippen LogP contribution in [0.5, 0.6) is 0 Å². The Kier molecular flexibility index (Phi) is 4.61. The molecule has 0 saturated heterocycles. The monoisotopic (exact) mass is 347 g/mol. The average molecular weight is 347 g/mol. The standard InChI is InChI=1S/C17H21N3O3S/c1-20(24(22,23)15-8-2-12(10-18)3-9-15)11-16(21)19-17(13-4-5-13)14-6-7-14/h2-3,8-9,13-14,17H,4-7,11H2,1H3,(H,19,21). The Labute approximate surface area is 142 Å². The summed E-state index contributed by atoms with van der Waals surface area (Å²) < 4.78 is 26.1. The molecular weight excluding hydrogens is 326 g/mol. The van der Waals surface area contributed by atoms with E-state index in [-0.39, 0.29) is 23.4 Å². The number of carbonyl (C=O) groups excluding carboxylic acids is 1. The molecule has 0 bridgehead atoms. The van der Waals surface area contributed by atoms with Gasteiger partial charge in [-0.3, -0.25) is 4.79 Å². The van der Waals surface area contributed by atoms with Gasteiger partial charge in [0.1, 0.15) is 0 Å². The highest BCUT2D eigenvalue weighted by Gasteiger charge is 2.42. The van der Waals surface area contributed by atoms with Gasteiger partial charge in [0.2, 0.25) is 15.9 Å².